The molecule has 0 aliphatic carbocycles. The van der Waals surface area contributed by atoms with Crippen molar-refractivity contribution in [2.45, 2.75) is 19.4 Å². The van der Waals surface area contributed by atoms with Crippen LogP contribution in [0.1, 0.15) is 24.1 Å². The van der Waals surface area contributed by atoms with E-state index >= 15 is 0 Å². The summed E-state index contributed by atoms with van der Waals surface area (Å²) in [5, 5.41) is 3.32. The highest BCUT2D eigenvalue weighted by atomic mass is 35.5. The van der Waals surface area contributed by atoms with Crippen LogP contribution in [0.2, 0.25) is 0 Å². The van der Waals surface area contributed by atoms with Gasteiger partial charge in [0.2, 0.25) is 5.91 Å². The molecule has 0 bridgehead atoms. The second-order valence-electron chi connectivity index (χ2n) is 6.52. The summed E-state index contributed by atoms with van der Waals surface area (Å²) >= 11 is 0. The molecule has 2 aliphatic heterocycles. The first-order valence-electron chi connectivity index (χ1n) is 8.65. The van der Waals surface area contributed by atoms with Crippen molar-refractivity contribution in [1.82, 2.24) is 20.0 Å². The van der Waals surface area contributed by atoms with Crippen molar-refractivity contribution in [3.63, 3.8) is 0 Å². The molecule has 0 aromatic heterocycles. The highest BCUT2D eigenvalue weighted by Crippen LogP contribution is 2.23. The van der Waals surface area contributed by atoms with Crippen molar-refractivity contribution in [1.29, 1.82) is 0 Å². The average molecular weight is 381 g/mol. The topological polar surface area (TPSA) is 73.0 Å². The molecule has 7 nitrogen and oxygen atoms in total. The summed E-state index contributed by atoms with van der Waals surface area (Å²) in [6.45, 7) is 3.89. The molecule has 2 saturated heterocycles. The van der Waals surface area contributed by atoms with Gasteiger partial charge in [-0.25, -0.2) is 4.79 Å². The van der Waals surface area contributed by atoms with Gasteiger partial charge in [-0.05, 0) is 17.5 Å². The third kappa shape index (κ3) is 3.99. The molecular formula is C18H25ClN4O3. The normalized spacial score (nSPS) is 20.4. The van der Waals surface area contributed by atoms with Gasteiger partial charge < -0.3 is 15.1 Å². The molecule has 1 aromatic carbocycles. The van der Waals surface area contributed by atoms with Crippen LogP contribution in [0.3, 0.4) is 0 Å². The molecule has 1 N–H and O–H groups in total. The largest absolute Gasteiger partial charge is 0.332 e. The van der Waals surface area contributed by atoms with Gasteiger partial charge in [0.1, 0.15) is 13.1 Å². The van der Waals surface area contributed by atoms with Crippen LogP contribution in [0.25, 0.3) is 0 Å². The Labute approximate surface area is 159 Å². The standard InChI is InChI=1S/C18H24N4O3.ClH/c1-3-13-4-6-14(7-5-13)15-10-19-8-9-21(15)17(24)12-22-16(23)11-20(2)18(22)25;/h4-7,15,19H,3,8-12H2,1-2H3;1H. The number of urea groups is 1. The molecule has 2 fully saturated rings. The Morgan fingerprint density at radius 3 is 2.50 bits per heavy atom. The number of imide groups is 1. The minimum absolute atomic E-state index is 0. The lowest BCUT2D eigenvalue weighted by atomic mass is 10.0. The van der Waals surface area contributed by atoms with Crippen LogP contribution >= 0.6 is 12.4 Å². The number of piperazine rings is 1. The fourth-order valence-corrected chi connectivity index (χ4v) is 3.33. The summed E-state index contributed by atoms with van der Waals surface area (Å²) in [5.41, 5.74) is 2.32. The summed E-state index contributed by atoms with van der Waals surface area (Å²) in [6.07, 6.45) is 0.971. The lowest BCUT2D eigenvalue weighted by Gasteiger charge is -2.37. The van der Waals surface area contributed by atoms with Crippen molar-refractivity contribution < 1.29 is 14.4 Å². The van der Waals surface area contributed by atoms with E-state index in [0.717, 1.165) is 16.9 Å². The Morgan fingerprint density at radius 1 is 1.23 bits per heavy atom. The molecule has 1 aromatic rings. The zero-order valence-electron chi connectivity index (χ0n) is 15.1. The Morgan fingerprint density at radius 2 is 1.92 bits per heavy atom. The number of nitrogens with zero attached hydrogens (tertiary/aromatic N) is 3. The predicted molar refractivity (Wildman–Crippen MR) is 100 cm³/mol. The molecular weight excluding hydrogens is 356 g/mol. The molecule has 8 heteroatoms. The SMILES string of the molecule is CCc1ccc(C2CNCCN2C(=O)CN2C(=O)CN(C)C2=O)cc1.Cl. The molecule has 26 heavy (non-hydrogen) atoms. The van der Waals surface area contributed by atoms with Gasteiger partial charge in [0, 0.05) is 26.7 Å². The summed E-state index contributed by atoms with van der Waals surface area (Å²) in [4.78, 5) is 40.9. The van der Waals surface area contributed by atoms with Crippen molar-refractivity contribution >= 4 is 30.3 Å². The summed E-state index contributed by atoms with van der Waals surface area (Å²) < 4.78 is 0. The Hall–Kier alpha value is -2.12. The third-order valence-electron chi connectivity index (χ3n) is 4.86. The second kappa shape index (κ2) is 8.51. The van der Waals surface area contributed by atoms with Gasteiger partial charge in [0.05, 0.1) is 6.04 Å². The molecule has 3 rings (SSSR count). The monoisotopic (exact) mass is 380 g/mol. The zero-order chi connectivity index (χ0) is 18.0. The van der Waals surface area contributed by atoms with Gasteiger partial charge in [0.15, 0.2) is 0 Å². The van der Waals surface area contributed by atoms with E-state index in [9.17, 15) is 14.4 Å². The number of halogens is 1. The van der Waals surface area contributed by atoms with Crippen LogP contribution in [0.15, 0.2) is 24.3 Å². The number of benzene rings is 1. The highest BCUT2D eigenvalue weighted by molar-refractivity contribution is 6.04. The number of aryl methyl sites for hydroxylation is 1. The van der Waals surface area contributed by atoms with E-state index in [1.54, 1.807) is 11.9 Å². The molecule has 142 valence electrons. The first-order chi connectivity index (χ1) is 12.0. The predicted octanol–water partition coefficient (Wildman–Crippen LogP) is 1.04. The van der Waals surface area contributed by atoms with E-state index in [2.05, 4.69) is 36.5 Å². The van der Waals surface area contributed by atoms with Crippen LogP contribution in [0, 0.1) is 0 Å². The maximum atomic E-state index is 12.8. The molecule has 4 amide bonds. The van der Waals surface area contributed by atoms with Gasteiger partial charge >= 0.3 is 6.03 Å². The van der Waals surface area contributed by atoms with Crippen molar-refractivity contribution in [2.75, 3.05) is 39.8 Å². The molecule has 0 saturated carbocycles. The van der Waals surface area contributed by atoms with Gasteiger partial charge in [-0.1, -0.05) is 31.2 Å². The second-order valence-corrected chi connectivity index (χ2v) is 6.52. The molecule has 1 atom stereocenters. The summed E-state index contributed by atoms with van der Waals surface area (Å²) in [7, 11) is 1.56. The van der Waals surface area contributed by atoms with Crippen LogP contribution < -0.4 is 5.32 Å². The number of carbonyl (C=O) groups is 3. The maximum Gasteiger partial charge on any atom is 0.327 e. The highest BCUT2D eigenvalue weighted by Gasteiger charge is 2.37. The first kappa shape index (κ1) is 20.2. The van der Waals surface area contributed by atoms with Crippen molar-refractivity contribution in [3.8, 4) is 0 Å². The Bertz CT molecular complexity index is 680. The molecule has 1 unspecified atom stereocenters. The van der Waals surface area contributed by atoms with Crippen LogP contribution in [-0.2, 0) is 16.0 Å². The van der Waals surface area contributed by atoms with Gasteiger partial charge in [-0.2, -0.15) is 0 Å². The van der Waals surface area contributed by atoms with Gasteiger partial charge in [0.25, 0.3) is 5.91 Å². The van der Waals surface area contributed by atoms with Gasteiger partial charge in [-0.3, -0.25) is 14.5 Å². The number of carbonyl (C=O) groups excluding carboxylic acids is 3. The molecule has 0 radical (unpaired) electrons. The van der Waals surface area contributed by atoms with Crippen molar-refractivity contribution in [2.24, 2.45) is 0 Å². The molecule has 2 aliphatic rings. The number of hydrogen-bond acceptors (Lipinski definition) is 4. The third-order valence-corrected chi connectivity index (χ3v) is 4.86. The van der Waals surface area contributed by atoms with E-state index < -0.39 is 6.03 Å². The quantitative estimate of drug-likeness (QED) is 0.792. The number of nitrogens with one attached hydrogen (secondary N) is 1. The van der Waals surface area contributed by atoms with E-state index in [0.29, 0.717) is 19.6 Å². The van der Waals surface area contributed by atoms with E-state index in [1.807, 2.05) is 0 Å². The molecule has 2 heterocycles. The minimum atomic E-state index is -0.405. The minimum Gasteiger partial charge on any atom is -0.332 e. The van der Waals surface area contributed by atoms with E-state index in [4.69, 9.17) is 0 Å². The fourth-order valence-electron chi connectivity index (χ4n) is 3.33. The zero-order valence-corrected chi connectivity index (χ0v) is 15.9. The van der Waals surface area contributed by atoms with Crippen LogP contribution in [-0.4, -0.2) is 72.3 Å². The van der Waals surface area contributed by atoms with Crippen LogP contribution in [0.5, 0.6) is 0 Å². The Kier molecular flexibility index (Phi) is 6.61. The number of hydrogen-bond donors (Lipinski definition) is 1. The average Bonchev–Trinajstić information content (AvgIpc) is 2.88. The van der Waals surface area contributed by atoms with E-state index in [-0.39, 0.29) is 43.4 Å². The van der Waals surface area contributed by atoms with Crippen LogP contribution in [0.4, 0.5) is 4.79 Å². The molecule has 0 spiro atoms. The van der Waals surface area contributed by atoms with Crippen molar-refractivity contribution in [3.05, 3.63) is 35.4 Å². The Balaban J connectivity index is 0.00000243. The summed E-state index contributed by atoms with van der Waals surface area (Å²) in [6, 6.07) is 7.77. The van der Waals surface area contributed by atoms with Gasteiger partial charge in [-0.15, -0.1) is 12.4 Å². The lowest BCUT2D eigenvalue weighted by molar-refractivity contribution is -0.139. The fraction of sp³-hybridized carbons (Fsp3) is 0.500. The number of amides is 4. The lowest BCUT2D eigenvalue weighted by Crippen LogP contribution is -2.52. The summed E-state index contributed by atoms with van der Waals surface area (Å²) in [5.74, 6) is -0.511. The number of likely N-dealkylation sites (N-methyl/N-ethyl adjacent to an activating group) is 1. The first-order valence-corrected chi connectivity index (χ1v) is 8.65. The van der Waals surface area contributed by atoms with E-state index in [1.165, 1.54) is 10.5 Å². The maximum absolute atomic E-state index is 12.8. The number of rotatable bonds is 4. The smallest absolute Gasteiger partial charge is 0.327 e.